The Hall–Kier alpha value is -1.68. The van der Waals surface area contributed by atoms with Gasteiger partial charge in [0.15, 0.2) is 0 Å². The van der Waals surface area contributed by atoms with Crippen LogP contribution in [0.5, 0.6) is 0 Å². The highest BCUT2D eigenvalue weighted by atomic mass is 16.5. The number of Topliss-reactive ketones (excluding diaryl/α,β-unsaturated/α-hetero) is 1. The smallest absolute Gasteiger partial charge is 0.313 e. The largest absolute Gasteiger partial charge is 0.463 e. The average Bonchev–Trinajstić information content (AvgIpc) is 2.28. The Labute approximate surface area is 107 Å². The summed E-state index contributed by atoms with van der Waals surface area (Å²) in [5.74, 6) is -0.868. The minimum Gasteiger partial charge on any atom is -0.463 e. The first-order chi connectivity index (χ1) is 8.49. The Morgan fingerprint density at radius 2 is 1.83 bits per heavy atom. The van der Waals surface area contributed by atoms with E-state index in [9.17, 15) is 14.7 Å². The molecule has 0 aromatic heterocycles. The minimum atomic E-state index is -0.870. The molecule has 0 saturated carbocycles. The summed E-state index contributed by atoms with van der Waals surface area (Å²) in [4.78, 5) is 22.8. The molecule has 0 amide bonds. The topological polar surface area (TPSA) is 63.6 Å². The van der Waals surface area contributed by atoms with E-state index < -0.39 is 12.1 Å². The number of rotatable bonds is 6. The number of hydrogen-bond donors (Lipinski definition) is 1. The quantitative estimate of drug-likeness (QED) is 0.619. The zero-order valence-electron chi connectivity index (χ0n) is 10.6. The molecule has 0 saturated heterocycles. The van der Waals surface area contributed by atoms with E-state index in [2.05, 4.69) is 0 Å². The van der Waals surface area contributed by atoms with Crippen molar-refractivity contribution in [3.8, 4) is 0 Å². The van der Waals surface area contributed by atoms with Gasteiger partial charge in [0.2, 0.25) is 0 Å². The van der Waals surface area contributed by atoms with Crippen LogP contribution in [0, 0.1) is 0 Å². The van der Waals surface area contributed by atoms with Crippen LogP contribution in [-0.2, 0) is 14.3 Å². The molecule has 18 heavy (non-hydrogen) atoms. The zero-order valence-corrected chi connectivity index (χ0v) is 10.6. The number of carbonyl (C=O) groups excluding carboxylic acids is 2. The molecule has 0 aliphatic rings. The maximum absolute atomic E-state index is 11.6. The fourth-order valence-corrected chi connectivity index (χ4v) is 1.55. The second kappa shape index (κ2) is 6.91. The van der Waals surface area contributed by atoms with Crippen molar-refractivity contribution in [3.05, 3.63) is 35.9 Å². The van der Waals surface area contributed by atoms with Crippen LogP contribution in [0.25, 0.3) is 0 Å². The van der Waals surface area contributed by atoms with Crippen molar-refractivity contribution in [2.75, 3.05) is 0 Å². The molecular weight excluding hydrogens is 232 g/mol. The highest BCUT2D eigenvalue weighted by Crippen LogP contribution is 2.17. The van der Waals surface area contributed by atoms with E-state index in [1.165, 1.54) is 0 Å². The molecule has 0 aliphatic heterocycles. The van der Waals surface area contributed by atoms with Crippen LogP contribution >= 0.6 is 0 Å². The van der Waals surface area contributed by atoms with Crippen LogP contribution in [0.4, 0.5) is 0 Å². The minimum absolute atomic E-state index is 0.0722. The number of benzene rings is 1. The van der Waals surface area contributed by atoms with Crippen LogP contribution < -0.4 is 0 Å². The molecule has 0 unspecified atom stereocenters. The van der Waals surface area contributed by atoms with Gasteiger partial charge in [-0.25, -0.2) is 0 Å². The molecule has 0 fully saturated rings. The summed E-state index contributed by atoms with van der Waals surface area (Å²) in [6, 6.07) is 8.89. The monoisotopic (exact) mass is 250 g/mol. The lowest BCUT2D eigenvalue weighted by molar-refractivity contribution is -0.149. The maximum atomic E-state index is 11.6. The third-order valence-corrected chi connectivity index (χ3v) is 2.31. The Kier molecular flexibility index (Phi) is 5.52. The molecule has 0 spiro atoms. The average molecular weight is 250 g/mol. The molecule has 1 rings (SSSR count). The molecule has 0 aliphatic carbocycles. The van der Waals surface area contributed by atoms with Crippen molar-refractivity contribution in [1.29, 1.82) is 0 Å². The fourth-order valence-electron chi connectivity index (χ4n) is 1.55. The first-order valence-corrected chi connectivity index (χ1v) is 5.93. The van der Waals surface area contributed by atoms with Gasteiger partial charge in [-0.2, -0.15) is 0 Å². The lowest BCUT2D eigenvalue weighted by atomic mass is 10.0. The molecule has 1 aromatic rings. The summed E-state index contributed by atoms with van der Waals surface area (Å²) in [5, 5.41) is 9.81. The van der Waals surface area contributed by atoms with Crippen molar-refractivity contribution in [1.82, 2.24) is 0 Å². The predicted octanol–water partition coefficient (Wildman–Crippen LogP) is 2.02. The number of hydrogen-bond acceptors (Lipinski definition) is 4. The second-order valence-corrected chi connectivity index (χ2v) is 4.38. The molecular formula is C14H18O4. The number of aliphatic hydroxyl groups is 1. The Morgan fingerprint density at radius 1 is 1.22 bits per heavy atom. The van der Waals surface area contributed by atoms with Gasteiger partial charge in [-0.05, 0) is 19.4 Å². The second-order valence-electron chi connectivity index (χ2n) is 4.38. The molecule has 1 atom stereocenters. The first-order valence-electron chi connectivity index (χ1n) is 5.93. The summed E-state index contributed by atoms with van der Waals surface area (Å²) < 4.78 is 4.87. The molecule has 0 radical (unpaired) electrons. The van der Waals surface area contributed by atoms with E-state index in [1.807, 2.05) is 6.07 Å². The Balaban J connectivity index is 2.43. The fraction of sp³-hybridized carbons (Fsp3) is 0.429. The van der Waals surface area contributed by atoms with Crippen molar-refractivity contribution in [2.45, 2.75) is 38.9 Å². The van der Waals surface area contributed by atoms with E-state index in [0.29, 0.717) is 5.56 Å². The molecule has 0 bridgehead atoms. The van der Waals surface area contributed by atoms with Crippen molar-refractivity contribution in [3.63, 3.8) is 0 Å². The van der Waals surface area contributed by atoms with Crippen LogP contribution in [0.1, 0.15) is 38.4 Å². The molecule has 0 heterocycles. The number of ketones is 1. The van der Waals surface area contributed by atoms with Crippen LogP contribution in [0.15, 0.2) is 30.3 Å². The van der Waals surface area contributed by atoms with E-state index in [0.717, 1.165) is 0 Å². The van der Waals surface area contributed by atoms with Crippen molar-refractivity contribution >= 4 is 11.8 Å². The summed E-state index contributed by atoms with van der Waals surface area (Å²) in [7, 11) is 0. The standard InChI is InChI=1S/C14H18O4/c1-10(2)18-14(17)9-12(15)8-13(16)11-6-4-3-5-7-11/h3-7,10,13,16H,8-9H2,1-2H3/t13-/m1/s1. The lowest BCUT2D eigenvalue weighted by Gasteiger charge is -2.10. The number of ether oxygens (including phenoxy) is 1. The summed E-state index contributed by atoms with van der Waals surface area (Å²) >= 11 is 0. The summed E-state index contributed by atoms with van der Waals surface area (Å²) in [6.45, 7) is 3.45. The van der Waals surface area contributed by atoms with Gasteiger partial charge in [0.25, 0.3) is 0 Å². The molecule has 4 nitrogen and oxygen atoms in total. The van der Waals surface area contributed by atoms with E-state index >= 15 is 0 Å². The third-order valence-electron chi connectivity index (χ3n) is 2.31. The van der Waals surface area contributed by atoms with Gasteiger partial charge in [0.05, 0.1) is 12.2 Å². The first kappa shape index (κ1) is 14.4. The normalized spacial score (nSPS) is 12.2. The van der Waals surface area contributed by atoms with Gasteiger partial charge >= 0.3 is 5.97 Å². The lowest BCUT2D eigenvalue weighted by Crippen LogP contribution is -2.17. The summed E-state index contributed by atoms with van der Waals surface area (Å²) in [6.07, 6.45) is -1.46. The predicted molar refractivity (Wildman–Crippen MR) is 66.9 cm³/mol. The Morgan fingerprint density at radius 3 is 2.39 bits per heavy atom. The molecule has 98 valence electrons. The van der Waals surface area contributed by atoms with E-state index in [1.54, 1.807) is 38.1 Å². The highest BCUT2D eigenvalue weighted by Gasteiger charge is 2.17. The molecule has 1 N–H and O–H groups in total. The van der Waals surface area contributed by atoms with Crippen LogP contribution in [-0.4, -0.2) is 23.0 Å². The van der Waals surface area contributed by atoms with Gasteiger partial charge in [-0.15, -0.1) is 0 Å². The third kappa shape index (κ3) is 5.10. The highest BCUT2D eigenvalue weighted by molar-refractivity contribution is 5.95. The van der Waals surface area contributed by atoms with E-state index in [-0.39, 0.29) is 24.7 Å². The SMILES string of the molecule is CC(C)OC(=O)CC(=O)C[C@@H](O)c1ccccc1. The maximum Gasteiger partial charge on any atom is 0.313 e. The zero-order chi connectivity index (χ0) is 13.5. The van der Waals surface area contributed by atoms with E-state index in [4.69, 9.17) is 4.74 Å². The summed E-state index contributed by atoms with van der Waals surface area (Å²) in [5.41, 5.74) is 0.670. The van der Waals surface area contributed by atoms with Gasteiger partial charge in [-0.3, -0.25) is 9.59 Å². The Bertz CT molecular complexity index is 398. The van der Waals surface area contributed by atoms with Crippen molar-refractivity contribution in [2.24, 2.45) is 0 Å². The van der Waals surface area contributed by atoms with Gasteiger partial charge in [0, 0.05) is 6.42 Å². The van der Waals surface area contributed by atoms with Crippen LogP contribution in [0.2, 0.25) is 0 Å². The number of esters is 1. The van der Waals surface area contributed by atoms with Gasteiger partial charge in [-0.1, -0.05) is 30.3 Å². The molecule has 4 heteroatoms. The molecule has 1 aromatic carbocycles. The van der Waals surface area contributed by atoms with Crippen LogP contribution in [0.3, 0.4) is 0 Å². The van der Waals surface area contributed by atoms with Gasteiger partial charge in [0.1, 0.15) is 12.2 Å². The van der Waals surface area contributed by atoms with Gasteiger partial charge < -0.3 is 9.84 Å². The van der Waals surface area contributed by atoms with Crippen molar-refractivity contribution < 1.29 is 19.4 Å². The number of carbonyl (C=O) groups is 2. The number of aliphatic hydroxyl groups excluding tert-OH is 1.